The summed E-state index contributed by atoms with van der Waals surface area (Å²) in [4.78, 5) is 42.1. The molecule has 26 heavy (non-hydrogen) atoms. The number of carbonyl (C=O) groups excluding carboxylic acids is 3. The van der Waals surface area contributed by atoms with Crippen LogP contribution in [0.5, 0.6) is 0 Å². The van der Waals surface area contributed by atoms with Crippen LogP contribution in [-0.2, 0) is 14.3 Å². The number of ether oxygens (including phenoxy) is 1. The second-order valence-electron chi connectivity index (χ2n) is 6.78. The number of amides is 3. The summed E-state index contributed by atoms with van der Waals surface area (Å²) in [7, 11) is 0. The molecule has 0 unspecified atom stereocenters. The Morgan fingerprint density at radius 2 is 1.81 bits per heavy atom. The van der Waals surface area contributed by atoms with Crippen LogP contribution in [0.25, 0.3) is 0 Å². The van der Waals surface area contributed by atoms with Gasteiger partial charge in [0.15, 0.2) is 0 Å². The summed E-state index contributed by atoms with van der Waals surface area (Å²) < 4.78 is 5.02. The van der Waals surface area contributed by atoms with Crippen molar-refractivity contribution in [2.24, 2.45) is 0 Å². The molecule has 0 N–H and O–H groups in total. The third kappa shape index (κ3) is 3.44. The van der Waals surface area contributed by atoms with Crippen molar-refractivity contribution in [3.8, 4) is 0 Å². The van der Waals surface area contributed by atoms with Crippen molar-refractivity contribution >= 4 is 23.6 Å². The van der Waals surface area contributed by atoms with E-state index >= 15 is 0 Å². The van der Waals surface area contributed by atoms with E-state index in [1.165, 1.54) is 4.90 Å². The number of benzene rings is 1. The van der Waals surface area contributed by atoms with Gasteiger partial charge in [0.25, 0.3) is 5.91 Å². The van der Waals surface area contributed by atoms with Gasteiger partial charge in [-0.15, -0.1) is 0 Å². The molecule has 7 nitrogen and oxygen atoms in total. The molecule has 3 rings (SSSR count). The number of hydrogen-bond acceptors (Lipinski definition) is 5. The van der Waals surface area contributed by atoms with Gasteiger partial charge in [0.1, 0.15) is 0 Å². The molecule has 0 radical (unpaired) electrons. The average molecular weight is 359 g/mol. The summed E-state index contributed by atoms with van der Waals surface area (Å²) in [6, 6.07) is 5.18. The van der Waals surface area contributed by atoms with Gasteiger partial charge in [-0.3, -0.25) is 14.5 Å². The highest BCUT2D eigenvalue weighted by Crippen LogP contribution is 2.27. The van der Waals surface area contributed by atoms with Crippen LogP contribution in [0.1, 0.15) is 24.5 Å². The molecule has 3 amide bonds. The van der Waals surface area contributed by atoms with Crippen LogP contribution in [-0.4, -0.2) is 66.5 Å². The van der Waals surface area contributed by atoms with Crippen LogP contribution >= 0.6 is 0 Å². The van der Waals surface area contributed by atoms with Crippen LogP contribution in [0.3, 0.4) is 0 Å². The smallest absolute Gasteiger partial charge is 0.409 e. The van der Waals surface area contributed by atoms with E-state index in [0.717, 1.165) is 11.1 Å². The van der Waals surface area contributed by atoms with Gasteiger partial charge in [-0.25, -0.2) is 9.69 Å². The summed E-state index contributed by atoms with van der Waals surface area (Å²) >= 11 is 0. The lowest BCUT2D eigenvalue weighted by molar-refractivity contribution is -0.123. The fraction of sp³-hybridized carbons (Fsp3) is 0.526. The van der Waals surface area contributed by atoms with E-state index in [9.17, 15) is 14.4 Å². The zero-order chi connectivity index (χ0) is 18.8. The van der Waals surface area contributed by atoms with Crippen molar-refractivity contribution in [1.82, 2.24) is 9.80 Å². The van der Waals surface area contributed by atoms with Crippen molar-refractivity contribution in [2.75, 3.05) is 37.7 Å². The van der Waals surface area contributed by atoms with Crippen molar-refractivity contribution < 1.29 is 19.1 Å². The average Bonchev–Trinajstić information content (AvgIpc) is 2.92. The molecule has 2 heterocycles. The Labute approximate surface area is 153 Å². The van der Waals surface area contributed by atoms with Gasteiger partial charge < -0.3 is 9.64 Å². The zero-order valence-corrected chi connectivity index (χ0v) is 15.5. The molecule has 0 spiro atoms. The van der Waals surface area contributed by atoms with Gasteiger partial charge >= 0.3 is 6.09 Å². The maximum Gasteiger partial charge on any atom is 0.409 e. The second kappa shape index (κ2) is 7.45. The lowest BCUT2D eigenvalue weighted by Gasteiger charge is -2.36. The van der Waals surface area contributed by atoms with E-state index in [-0.39, 0.29) is 24.3 Å². The maximum atomic E-state index is 12.9. The minimum absolute atomic E-state index is 0.170. The monoisotopic (exact) mass is 359 g/mol. The molecule has 0 aromatic heterocycles. The Morgan fingerprint density at radius 1 is 1.12 bits per heavy atom. The first-order valence-electron chi connectivity index (χ1n) is 9.02. The molecular weight excluding hydrogens is 334 g/mol. The molecule has 1 aromatic rings. The SMILES string of the molecule is CCOC(=O)N1CCN([C@@H]2CC(=O)N(c3ccc(C)c(C)c3)C2=O)CC1. The highest BCUT2D eigenvalue weighted by Gasteiger charge is 2.43. The molecule has 2 aliphatic rings. The summed E-state index contributed by atoms with van der Waals surface area (Å²) in [5.74, 6) is -0.348. The van der Waals surface area contributed by atoms with E-state index in [1.807, 2.05) is 36.9 Å². The van der Waals surface area contributed by atoms with Crippen LogP contribution in [0.2, 0.25) is 0 Å². The molecular formula is C19H25N3O4. The Hall–Kier alpha value is -2.41. The lowest BCUT2D eigenvalue weighted by atomic mass is 10.1. The fourth-order valence-corrected chi connectivity index (χ4v) is 3.47. The van der Waals surface area contributed by atoms with Gasteiger partial charge in [0, 0.05) is 26.2 Å². The number of imide groups is 1. The van der Waals surface area contributed by atoms with Crippen molar-refractivity contribution in [1.29, 1.82) is 0 Å². The highest BCUT2D eigenvalue weighted by atomic mass is 16.6. The summed E-state index contributed by atoms with van der Waals surface area (Å²) in [6.07, 6.45) is -0.136. The van der Waals surface area contributed by atoms with Crippen LogP contribution in [0.4, 0.5) is 10.5 Å². The van der Waals surface area contributed by atoms with Gasteiger partial charge in [0.05, 0.1) is 24.8 Å². The highest BCUT2D eigenvalue weighted by molar-refractivity contribution is 6.22. The number of hydrogen-bond donors (Lipinski definition) is 0. The number of anilines is 1. The minimum atomic E-state index is -0.451. The molecule has 0 saturated carbocycles. The van der Waals surface area contributed by atoms with E-state index in [0.29, 0.717) is 38.5 Å². The zero-order valence-electron chi connectivity index (χ0n) is 15.5. The number of nitrogens with zero attached hydrogens (tertiary/aromatic N) is 3. The van der Waals surface area contributed by atoms with Crippen molar-refractivity contribution in [2.45, 2.75) is 33.2 Å². The molecule has 2 fully saturated rings. The Bertz CT molecular complexity index is 725. The van der Waals surface area contributed by atoms with E-state index in [2.05, 4.69) is 0 Å². The molecule has 7 heteroatoms. The number of rotatable bonds is 3. The topological polar surface area (TPSA) is 70.2 Å². The van der Waals surface area contributed by atoms with Crippen LogP contribution in [0, 0.1) is 13.8 Å². The standard InChI is InChI=1S/C19H25N3O4/c1-4-26-19(25)21-9-7-20(8-10-21)16-12-17(23)22(18(16)24)15-6-5-13(2)14(3)11-15/h5-6,11,16H,4,7-10,12H2,1-3H3/t16-/m1/s1. The Morgan fingerprint density at radius 3 is 2.42 bits per heavy atom. The largest absolute Gasteiger partial charge is 0.450 e. The summed E-state index contributed by atoms with van der Waals surface area (Å²) in [6.45, 7) is 8.21. The maximum absolute atomic E-state index is 12.9. The predicted octanol–water partition coefficient (Wildman–Crippen LogP) is 1.71. The Balaban J connectivity index is 1.68. The molecule has 2 aliphatic heterocycles. The minimum Gasteiger partial charge on any atom is -0.450 e. The molecule has 2 saturated heterocycles. The third-order valence-electron chi connectivity index (χ3n) is 5.15. The summed E-state index contributed by atoms with van der Waals surface area (Å²) in [5, 5.41) is 0. The molecule has 0 bridgehead atoms. The normalized spacial score (nSPS) is 21.4. The summed E-state index contributed by atoms with van der Waals surface area (Å²) in [5.41, 5.74) is 2.81. The first-order valence-corrected chi connectivity index (χ1v) is 9.02. The first-order chi connectivity index (χ1) is 12.4. The lowest BCUT2D eigenvalue weighted by Crippen LogP contribution is -2.54. The molecule has 140 valence electrons. The number of piperazine rings is 1. The Kier molecular flexibility index (Phi) is 5.27. The number of aryl methyl sites for hydroxylation is 2. The van der Waals surface area contributed by atoms with Gasteiger partial charge in [-0.1, -0.05) is 6.07 Å². The second-order valence-corrected chi connectivity index (χ2v) is 6.78. The first kappa shape index (κ1) is 18.4. The van der Waals surface area contributed by atoms with E-state index in [4.69, 9.17) is 4.74 Å². The van der Waals surface area contributed by atoms with Crippen LogP contribution < -0.4 is 4.90 Å². The van der Waals surface area contributed by atoms with Crippen molar-refractivity contribution in [3.05, 3.63) is 29.3 Å². The molecule has 1 aromatic carbocycles. The van der Waals surface area contributed by atoms with Gasteiger partial charge in [-0.2, -0.15) is 0 Å². The van der Waals surface area contributed by atoms with Gasteiger partial charge in [-0.05, 0) is 44.0 Å². The van der Waals surface area contributed by atoms with E-state index in [1.54, 1.807) is 11.8 Å². The molecule has 0 aliphatic carbocycles. The quantitative estimate of drug-likeness (QED) is 0.769. The van der Waals surface area contributed by atoms with Gasteiger partial charge in [0.2, 0.25) is 5.91 Å². The van der Waals surface area contributed by atoms with E-state index < -0.39 is 6.04 Å². The molecule has 1 atom stereocenters. The number of carbonyl (C=O) groups is 3. The fourth-order valence-electron chi connectivity index (χ4n) is 3.47. The third-order valence-corrected chi connectivity index (χ3v) is 5.15. The van der Waals surface area contributed by atoms with Crippen LogP contribution in [0.15, 0.2) is 18.2 Å². The predicted molar refractivity (Wildman–Crippen MR) is 97.0 cm³/mol. The van der Waals surface area contributed by atoms with Crippen molar-refractivity contribution in [3.63, 3.8) is 0 Å².